The minimum atomic E-state index is -1.71. The summed E-state index contributed by atoms with van der Waals surface area (Å²) in [6.07, 6.45) is 0. The van der Waals surface area contributed by atoms with Crippen LogP contribution in [0.5, 0.6) is 0 Å². The van der Waals surface area contributed by atoms with E-state index in [9.17, 15) is 0 Å². The zero-order valence-corrected chi connectivity index (χ0v) is 14.3. The summed E-state index contributed by atoms with van der Waals surface area (Å²) in [5.41, 5.74) is 0. The fourth-order valence-electron chi connectivity index (χ4n) is 1.64. The van der Waals surface area contributed by atoms with Crippen molar-refractivity contribution in [3.8, 4) is 0 Å². The molecule has 0 fully saturated rings. The number of hydrogen-bond acceptors (Lipinski definition) is 4. The normalized spacial score (nSPS) is 14.4. The van der Waals surface area contributed by atoms with Crippen molar-refractivity contribution in [3.05, 3.63) is 0 Å². The molecular weight excluding hydrogens is 240 g/mol. The van der Waals surface area contributed by atoms with E-state index in [1.807, 2.05) is 0 Å². The first-order chi connectivity index (χ1) is 6.54. The highest BCUT2D eigenvalue weighted by Crippen LogP contribution is 2.07. The van der Waals surface area contributed by atoms with E-state index in [2.05, 4.69) is 48.6 Å². The van der Waals surface area contributed by atoms with Crippen molar-refractivity contribution in [2.24, 2.45) is 0 Å². The van der Waals surface area contributed by atoms with Crippen LogP contribution in [-0.2, 0) is 8.85 Å². The predicted molar refractivity (Wildman–Crippen MR) is 72.7 cm³/mol. The van der Waals surface area contributed by atoms with Crippen LogP contribution in [0.25, 0.3) is 0 Å². The van der Waals surface area contributed by atoms with Crippen LogP contribution in [0.1, 0.15) is 0 Å². The molecule has 0 aliphatic heterocycles. The van der Waals surface area contributed by atoms with Crippen LogP contribution >= 0.6 is 0 Å². The molecule has 0 spiro atoms. The molecule has 0 radical (unpaired) electrons. The van der Waals surface area contributed by atoms with Crippen molar-refractivity contribution in [1.82, 2.24) is 9.30 Å². The highest BCUT2D eigenvalue weighted by atomic mass is 28.5. The van der Waals surface area contributed by atoms with Crippen LogP contribution in [0.4, 0.5) is 0 Å². The van der Waals surface area contributed by atoms with E-state index in [0.717, 1.165) is 0 Å². The number of rotatable bonds is 6. The Morgan fingerprint density at radius 1 is 0.667 bits per heavy atom. The minimum Gasteiger partial charge on any atom is -0.407 e. The quantitative estimate of drug-likeness (QED) is 0.716. The maximum Gasteiger partial charge on any atom is 0.256 e. The van der Waals surface area contributed by atoms with Gasteiger partial charge in [0.25, 0.3) is 17.0 Å². The summed E-state index contributed by atoms with van der Waals surface area (Å²) in [6.45, 7) is 13.2. The third-order valence-corrected chi connectivity index (χ3v) is 14.1. The Kier molecular flexibility index (Phi) is 5.38. The molecule has 2 N–H and O–H groups in total. The molecule has 0 aromatic rings. The summed E-state index contributed by atoms with van der Waals surface area (Å²) in [5, 5.41) is 0. The van der Waals surface area contributed by atoms with E-state index in [1.54, 1.807) is 14.2 Å². The molecule has 0 saturated carbocycles. The smallest absolute Gasteiger partial charge is 0.256 e. The second-order valence-corrected chi connectivity index (χ2v) is 17.4. The maximum absolute atomic E-state index is 5.52. The summed E-state index contributed by atoms with van der Waals surface area (Å²) in [5.74, 6) is 0. The molecule has 0 saturated heterocycles. The van der Waals surface area contributed by atoms with Crippen LogP contribution in [0.3, 0.4) is 0 Å². The van der Waals surface area contributed by atoms with E-state index in [1.165, 1.54) is 0 Å². The van der Waals surface area contributed by atoms with Gasteiger partial charge in [-0.3, -0.25) is 0 Å². The molecule has 0 aromatic heterocycles. The molecule has 0 aliphatic rings. The lowest BCUT2D eigenvalue weighted by molar-refractivity contribution is 0.395. The van der Waals surface area contributed by atoms with E-state index in [0.29, 0.717) is 0 Å². The fraction of sp³-hybridized carbons (Fsp3) is 1.00. The van der Waals surface area contributed by atoms with Gasteiger partial charge in [0.2, 0.25) is 0 Å². The third-order valence-electron chi connectivity index (χ3n) is 2.25. The van der Waals surface area contributed by atoms with E-state index in [-0.39, 0.29) is 0 Å². The first kappa shape index (κ1) is 15.5. The van der Waals surface area contributed by atoms with Crippen molar-refractivity contribution in [2.75, 3.05) is 14.2 Å². The van der Waals surface area contributed by atoms with Gasteiger partial charge in [0, 0.05) is 14.2 Å². The highest BCUT2D eigenvalue weighted by molar-refractivity contribution is 6.93. The van der Waals surface area contributed by atoms with E-state index < -0.39 is 25.4 Å². The molecule has 0 unspecified atom stereocenters. The molecule has 0 aromatic carbocycles. The van der Waals surface area contributed by atoms with Gasteiger partial charge >= 0.3 is 0 Å². The molecule has 0 bridgehead atoms. The number of nitrogens with one attached hydrogen (secondary N) is 2. The lowest BCUT2D eigenvalue weighted by atomic mass is 11.8. The van der Waals surface area contributed by atoms with Gasteiger partial charge in [-0.1, -0.05) is 0 Å². The molecule has 92 valence electrons. The van der Waals surface area contributed by atoms with Crippen molar-refractivity contribution < 1.29 is 8.85 Å². The minimum absolute atomic E-state index is 1.64. The zero-order chi connectivity index (χ0) is 12.3. The van der Waals surface area contributed by atoms with Gasteiger partial charge in [-0.25, -0.2) is 0 Å². The van der Waals surface area contributed by atoms with Gasteiger partial charge in [0.05, 0.1) is 0 Å². The van der Waals surface area contributed by atoms with Crippen LogP contribution < -0.4 is 9.30 Å². The van der Waals surface area contributed by atoms with Crippen LogP contribution in [-0.4, -0.2) is 39.6 Å². The summed E-state index contributed by atoms with van der Waals surface area (Å²) in [6, 6.07) is 0. The molecule has 0 aliphatic carbocycles. The molecule has 0 rings (SSSR count). The predicted octanol–water partition coefficient (Wildman–Crippen LogP) is 1.56. The van der Waals surface area contributed by atoms with E-state index in [4.69, 9.17) is 8.85 Å². The zero-order valence-electron chi connectivity index (χ0n) is 11.3. The Bertz CT molecular complexity index is 190. The molecule has 0 heterocycles. The molecule has 0 atom stereocenters. The van der Waals surface area contributed by atoms with Crippen molar-refractivity contribution in [2.45, 2.75) is 39.3 Å². The fourth-order valence-corrected chi connectivity index (χ4v) is 15.3. The maximum atomic E-state index is 5.52. The average Bonchev–Trinajstić information content (AvgIpc) is 2.00. The monoisotopic (exact) mass is 266 g/mol. The Morgan fingerprint density at radius 2 is 0.933 bits per heavy atom. The van der Waals surface area contributed by atoms with Crippen molar-refractivity contribution >= 4 is 25.4 Å². The highest BCUT2D eigenvalue weighted by Gasteiger charge is 2.37. The summed E-state index contributed by atoms with van der Waals surface area (Å²) >= 11 is 0. The van der Waals surface area contributed by atoms with Crippen LogP contribution in [0.2, 0.25) is 39.3 Å². The summed E-state index contributed by atoms with van der Waals surface area (Å²) in [4.78, 5) is 0. The molecule has 15 heavy (non-hydrogen) atoms. The molecule has 0 amide bonds. The standard InChI is InChI=1S/C8H26N2O2Si3/c1-11-14(5,6)9-13(3,4)10-15(7,8)12-2/h9-10H,1-8H3. The summed E-state index contributed by atoms with van der Waals surface area (Å²) in [7, 11) is -1.50. The van der Waals surface area contributed by atoms with Gasteiger partial charge in [-0.05, 0) is 39.3 Å². The van der Waals surface area contributed by atoms with Gasteiger partial charge in [-0.2, -0.15) is 0 Å². The molecular formula is C8H26N2O2Si3. The molecule has 7 heteroatoms. The van der Waals surface area contributed by atoms with Gasteiger partial charge in [-0.15, -0.1) is 0 Å². The van der Waals surface area contributed by atoms with Crippen molar-refractivity contribution in [1.29, 1.82) is 0 Å². The topological polar surface area (TPSA) is 42.5 Å². The van der Waals surface area contributed by atoms with E-state index >= 15 is 0 Å². The lowest BCUT2D eigenvalue weighted by Gasteiger charge is -2.38. The Balaban J connectivity index is 4.43. The Hall–Kier alpha value is 0.491. The first-order valence-corrected chi connectivity index (χ1v) is 14.0. The lowest BCUT2D eigenvalue weighted by Crippen LogP contribution is -2.73. The largest absolute Gasteiger partial charge is 0.407 e. The van der Waals surface area contributed by atoms with Gasteiger partial charge in [0.15, 0.2) is 8.40 Å². The Morgan fingerprint density at radius 3 is 1.13 bits per heavy atom. The third kappa shape index (κ3) is 6.61. The SMILES string of the molecule is CO[Si](C)(C)N[Si](C)(C)N[Si](C)(C)OC. The number of hydrogen-bond donors (Lipinski definition) is 2. The molecule has 4 nitrogen and oxygen atoms in total. The van der Waals surface area contributed by atoms with Crippen LogP contribution in [0.15, 0.2) is 0 Å². The van der Waals surface area contributed by atoms with Gasteiger partial charge < -0.3 is 18.1 Å². The average molecular weight is 267 g/mol. The summed E-state index contributed by atoms with van der Waals surface area (Å²) < 4.78 is 18.4. The Labute approximate surface area is 97.3 Å². The second kappa shape index (κ2) is 5.21. The first-order valence-electron chi connectivity index (χ1n) is 5.22. The van der Waals surface area contributed by atoms with Crippen LogP contribution in [0, 0.1) is 0 Å². The van der Waals surface area contributed by atoms with Gasteiger partial charge in [0.1, 0.15) is 0 Å². The van der Waals surface area contributed by atoms with Crippen molar-refractivity contribution in [3.63, 3.8) is 0 Å². The second-order valence-electron chi connectivity index (χ2n) is 5.30.